The molecular formula is C22H33P. The lowest BCUT2D eigenvalue weighted by molar-refractivity contribution is -0.0383. The van der Waals surface area contributed by atoms with E-state index < -0.39 is 0 Å². The third kappa shape index (κ3) is 2.33. The second kappa shape index (κ2) is 4.87. The second-order valence-corrected chi connectivity index (χ2v) is 12.1. The molecule has 0 radical (unpaired) electrons. The van der Waals surface area contributed by atoms with Crippen LogP contribution in [0.5, 0.6) is 0 Å². The van der Waals surface area contributed by atoms with Crippen LogP contribution in [-0.2, 0) is 0 Å². The summed E-state index contributed by atoms with van der Waals surface area (Å²) in [4.78, 5) is 0. The molecule has 0 spiro atoms. The number of rotatable bonds is 3. The molecule has 0 unspecified atom stereocenters. The lowest BCUT2D eigenvalue weighted by Gasteiger charge is -2.57. The molecule has 0 saturated heterocycles. The predicted molar refractivity (Wildman–Crippen MR) is 99.1 cm³/mol. The molecule has 8 rings (SSSR count). The molecule has 1 heteroatoms. The SMILES string of the molecule is C(=PCC12CC3CC(CC(C3)C1)C2)C12CC3CC(CC(C3)C1)C2. The molecule has 0 aliphatic heterocycles. The van der Waals surface area contributed by atoms with Crippen LogP contribution in [0.2, 0.25) is 0 Å². The summed E-state index contributed by atoms with van der Waals surface area (Å²) in [6.45, 7) is 0. The van der Waals surface area contributed by atoms with Crippen LogP contribution in [0.3, 0.4) is 0 Å². The Morgan fingerprint density at radius 1 is 0.609 bits per heavy atom. The van der Waals surface area contributed by atoms with Gasteiger partial charge in [-0.1, -0.05) is 5.80 Å². The van der Waals surface area contributed by atoms with Crippen LogP contribution in [-0.4, -0.2) is 12.0 Å². The summed E-state index contributed by atoms with van der Waals surface area (Å²) in [5.41, 5.74) is 1.51. The minimum atomic E-state index is 0.707. The fraction of sp³-hybridized carbons (Fsp3) is 0.955. The van der Waals surface area contributed by atoms with Gasteiger partial charge >= 0.3 is 0 Å². The van der Waals surface area contributed by atoms with Crippen LogP contribution in [0.4, 0.5) is 0 Å². The van der Waals surface area contributed by atoms with E-state index in [1.54, 1.807) is 85.3 Å². The number of hydrogen-bond donors (Lipinski definition) is 0. The van der Waals surface area contributed by atoms with Gasteiger partial charge in [-0.2, -0.15) is 0 Å². The minimum absolute atomic E-state index is 0.707. The molecule has 8 aliphatic rings. The van der Waals surface area contributed by atoms with Gasteiger partial charge in [-0.15, -0.1) is 8.20 Å². The summed E-state index contributed by atoms with van der Waals surface area (Å²) < 4.78 is 0. The average molecular weight is 328 g/mol. The van der Waals surface area contributed by atoms with Crippen molar-refractivity contribution in [3.05, 3.63) is 0 Å². The molecule has 8 saturated carbocycles. The first-order valence-corrected chi connectivity index (χ1v) is 11.8. The van der Waals surface area contributed by atoms with E-state index in [0.717, 1.165) is 40.9 Å². The molecule has 8 bridgehead atoms. The molecule has 0 nitrogen and oxygen atoms in total. The zero-order valence-corrected chi connectivity index (χ0v) is 15.6. The number of hydrogen-bond acceptors (Lipinski definition) is 0. The highest BCUT2D eigenvalue weighted by atomic mass is 31.1. The largest absolute Gasteiger partial charge is 0.108 e. The maximum atomic E-state index is 2.88. The van der Waals surface area contributed by atoms with Crippen molar-refractivity contribution in [2.24, 2.45) is 46.3 Å². The van der Waals surface area contributed by atoms with Crippen molar-refractivity contribution >= 4 is 14.0 Å². The van der Waals surface area contributed by atoms with Crippen LogP contribution in [0, 0.1) is 46.3 Å². The Kier molecular flexibility index (Phi) is 3.04. The van der Waals surface area contributed by atoms with Crippen molar-refractivity contribution in [1.82, 2.24) is 0 Å². The summed E-state index contributed by atoms with van der Waals surface area (Å²) in [6.07, 6.45) is 20.7. The smallest absolute Gasteiger partial charge is 0.00521 e. The Bertz CT molecular complexity index is 460. The quantitative estimate of drug-likeness (QED) is 0.544. The van der Waals surface area contributed by atoms with Crippen LogP contribution in [0.25, 0.3) is 0 Å². The summed E-state index contributed by atoms with van der Waals surface area (Å²) in [7, 11) is 1.75. The minimum Gasteiger partial charge on any atom is -0.108 e. The Balaban J connectivity index is 1.19. The van der Waals surface area contributed by atoms with Gasteiger partial charge in [-0.25, -0.2) is 0 Å². The summed E-state index contributed by atoms with van der Waals surface area (Å²) in [6, 6.07) is 0. The van der Waals surface area contributed by atoms with E-state index in [9.17, 15) is 0 Å². The molecule has 0 aromatic rings. The van der Waals surface area contributed by atoms with Crippen molar-refractivity contribution in [1.29, 1.82) is 0 Å². The molecule has 0 aromatic carbocycles. The van der Waals surface area contributed by atoms with E-state index in [1.807, 2.05) is 0 Å². The average Bonchev–Trinajstić information content (AvgIpc) is 2.43. The molecular weight excluding hydrogens is 295 g/mol. The topological polar surface area (TPSA) is 0 Å². The van der Waals surface area contributed by atoms with Gasteiger partial charge in [0.25, 0.3) is 0 Å². The van der Waals surface area contributed by atoms with Gasteiger partial charge in [-0.3, -0.25) is 0 Å². The zero-order valence-electron chi connectivity index (χ0n) is 14.7. The normalized spacial score (nSPS) is 59.3. The highest BCUT2D eigenvalue weighted by Gasteiger charge is 2.51. The van der Waals surface area contributed by atoms with Crippen LogP contribution in [0.15, 0.2) is 0 Å². The monoisotopic (exact) mass is 328 g/mol. The van der Waals surface area contributed by atoms with Crippen molar-refractivity contribution in [3.63, 3.8) is 0 Å². The highest BCUT2D eigenvalue weighted by Crippen LogP contribution is 2.62. The van der Waals surface area contributed by atoms with E-state index >= 15 is 0 Å². The molecule has 0 amide bonds. The maximum absolute atomic E-state index is 2.88. The fourth-order valence-corrected chi connectivity index (χ4v) is 10.8. The van der Waals surface area contributed by atoms with Gasteiger partial charge in [0.2, 0.25) is 0 Å². The molecule has 0 heterocycles. The molecule has 8 aliphatic carbocycles. The summed E-state index contributed by atoms with van der Waals surface area (Å²) in [5, 5.41) is 0. The van der Waals surface area contributed by atoms with Gasteiger partial charge in [0, 0.05) is 0 Å². The highest BCUT2D eigenvalue weighted by molar-refractivity contribution is 7.38. The van der Waals surface area contributed by atoms with Crippen molar-refractivity contribution in [2.75, 3.05) is 6.16 Å². The van der Waals surface area contributed by atoms with Gasteiger partial charge in [-0.05, 0) is 130 Å². The summed E-state index contributed by atoms with van der Waals surface area (Å²) >= 11 is 0. The first-order chi connectivity index (χ1) is 11.2. The van der Waals surface area contributed by atoms with Crippen LogP contribution >= 0.6 is 8.20 Å². The Morgan fingerprint density at radius 3 is 1.43 bits per heavy atom. The van der Waals surface area contributed by atoms with E-state index in [2.05, 4.69) is 5.80 Å². The van der Waals surface area contributed by atoms with Crippen molar-refractivity contribution in [3.8, 4) is 0 Å². The van der Waals surface area contributed by atoms with Gasteiger partial charge in [0.05, 0.1) is 0 Å². The molecule has 0 aromatic heterocycles. The summed E-state index contributed by atoms with van der Waals surface area (Å²) in [5.74, 6) is 9.64. The first-order valence-electron chi connectivity index (χ1n) is 10.7. The lowest BCUT2D eigenvalue weighted by Crippen LogP contribution is -2.47. The lowest BCUT2D eigenvalue weighted by atomic mass is 9.50. The molecule has 23 heavy (non-hydrogen) atoms. The molecule has 0 atom stereocenters. The Hall–Kier alpha value is 0.170. The fourth-order valence-electron chi connectivity index (χ4n) is 9.25. The standard InChI is InChI=1S/C22H33P/c1-15-2-17-3-16(1)8-21(7-15,9-17)13-23-14-22-10-18-4-19(11-22)6-20(5-18)12-22/h13,15-20H,1-12,14H2. The van der Waals surface area contributed by atoms with Crippen LogP contribution in [0.1, 0.15) is 77.0 Å². The van der Waals surface area contributed by atoms with Crippen molar-refractivity contribution in [2.45, 2.75) is 77.0 Å². The molecule has 0 N–H and O–H groups in total. The van der Waals surface area contributed by atoms with Crippen LogP contribution < -0.4 is 0 Å². The van der Waals surface area contributed by atoms with E-state index in [1.165, 1.54) is 6.16 Å². The maximum Gasteiger partial charge on any atom is -0.00521 e. The molecule has 8 fully saturated rings. The van der Waals surface area contributed by atoms with E-state index in [4.69, 9.17) is 0 Å². The van der Waals surface area contributed by atoms with E-state index in [0.29, 0.717) is 5.41 Å². The van der Waals surface area contributed by atoms with Crippen molar-refractivity contribution < 1.29 is 0 Å². The van der Waals surface area contributed by atoms with Gasteiger partial charge < -0.3 is 0 Å². The molecule has 126 valence electrons. The Morgan fingerprint density at radius 2 is 1.00 bits per heavy atom. The zero-order chi connectivity index (χ0) is 15.1. The third-order valence-corrected chi connectivity index (χ3v) is 10.6. The Labute approximate surface area is 144 Å². The predicted octanol–water partition coefficient (Wildman–Crippen LogP) is 6.17. The second-order valence-electron chi connectivity index (χ2n) is 11.2. The van der Waals surface area contributed by atoms with E-state index in [-0.39, 0.29) is 0 Å². The first kappa shape index (κ1) is 14.4. The van der Waals surface area contributed by atoms with Gasteiger partial charge in [0.1, 0.15) is 0 Å². The van der Waals surface area contributed by atoms with Gasteiger partial charge in [0.15, 0.2) is 0 Å². The third-order valence-electron chi connectivity index (χ3n) is 9.04.